The summed E-state index contributed by atoms with van der Waals surface area (Å²) in [4.78, 5) is 12.5. The molecule has 0 amide bonds. The quantitative estimate of drug-likeness (QED) is 0.0840. The van der Waals surface area contributed by atoms with E-state index in [1.54, 1.807) is 31.2 Å². The smallest absolute Gasteiger partial charge is 0.310 e. The van der Waals surface area contributed by atoms with Crippen molar-refractivity contribution in [1.82, 2.24) is 0 Å². The van der Waals surface area contributed by atoms with E-state index in [4.69, 9.17) is 37.4 Å². The van der Waals surface area contributed by atoms with E-state index in [1.807, 2.05) is 30.3 Å². The van der Waals surface area contributed by atoms with Gasteiger partial charge in [0.05, 0.1) is 43.0 Å². The van der Waals surface area contributed by atoms with Crippen molar-refractivity contribution >= 4 is 46.6 Å². The Hall–Kier alpha value is -3.55. The van der Waals surface area contributed by atoms with Gasteiger partial charge in [-0.2, -0.15) is 0 Å². The van der Waals surface area contributed by atoms with Gasteiger partial charge in [0.1, 0.15) is 0 Å². The third kappa shape index (κ3) is 8.97. The molecular weight excluding hydrogens is 577 g/mol. The minimum Gasteiger partial charge on any atom is -0.504 e. The van der Waals surface area contributed by atoms with Crippen LogP contribution in [0.25, 0.3) is 6.08 Å². The Kier molecular flexibility index (Phi) is 13.2. The van der Waals surface area contributed by atoms with Gasteiger partial charge in [-0.05, 0) is 49.9 Å². The van der Waals surface area contributed by atoms with Crippen molar-refractivity contribution in [2.24, 2.45) is 0 Å². The van der Waals surface area contributed by atoms with Crippen LogP contribution in [0.5, 0.6) is 23.0 Å². The molecule has 0 unspecified atom stereocenters. The van der Waals surface area contributed by atoms with Gasteiger partial charge in [0.2, 0.25) is 11.5 Å². The standard InChI is InChI=1S/C33H39Cl2NO6/c1-22-24(31(39)33(41-3)32(40-2)30(22)38)16-10-8-6-4-5-7-9-13-20-42-28(37)21-23-15-11-12-19-27(23)36-29-25(34)17-14-18-26(29)35/h10-12,14-19,36,38-39H,4-9,13,20-21H2,1-3H3/b16-10+. The van der Waals surface area contributed by atoms with Gasteiger partial charge >= 0.3 is 5.97 Å². The Bertz CT molecular complexity index is 1350. The fourth-order valence-electron chi connectivity index (χ4n) is 4.61. The molecule has 7 nitrogen and oxygen atoms in total. The topological polar surface area (TPSA) is 97.2 Å². The molecule has 0 aromatic heterocycles. The molecule has 0 radical (unpaired) electrons. The molecule has 3 rings (SSSR count). The van der Waals surface area contributed by atoms with E-state index in [1.165, 1.54) is 14.2 Å². The maximum absolute atomic E-state index is 12.5. The first-order chi connectivity index (χ1) is 20.3. The van der Waals surface area contributed by atoms with Gasteiger partial charge in [0, 0.05) is 16.8 Å². The lowest BCUT2D eigenvalue weighted by molar-refractivity contribution is -0.142. The van der Waals surface area contributed by atoms with Crippen LogP contribution >= 0.6 is 23.2 Å². The number of para-hydroxylation sites is 2. The lowest BCUT2D eigenvalue weighted by Gasteiger charge is -2.16. The molecule has 0 aliphatic carbocycles. The zero-order valence-electron chi connectivity index (χ0n) is 24.3. The van der Waals surface area contributed by atoms with Crippen molar-refractivity contribution in [2.75, 3.05) is 26.1 Å². The number of rotatable bonds is 16. The van der Waals surface area contributed by atoms with Crippen LogP contribution in [0.3, 0.4) is 0 Å². The molecule has 0 fully saturated rings. The van der Waals surface area contributed by atoms with Crippen molar-refractivity contribution in [3.05, 3.63) is 75.3 Å². The largest absolute Gasteiger partial charge is 0.504 e. The third-order valence-corrected chi connectivity index (χ3v) is 7.58. The van der Waals surface area contributed by atoms with E-state index < -0.39 is 0 Å². The minimum absolute atomic E-state index is 0.0434. The molecule has 0 spiro atoms. The van der Waals surface area contributed by atoms with E-state index in [9.17, 15) is 15.0 Å². The number of nitrogens with one attached hydrogen (secondary N) is 1. The lowest BCUT2D eigenvalue weighted by atomic mass is 10.0. The van der Waals surface area contributed by atoms with E-state index >= 15 is 0 Å². The molecule has 0 atom stereocenters. The normalized spacial score (nSPS) is 11.1. The minimum atomic E-state index is -0.273. The zero-order chi connectivity index (χ0) is 30.5. The lowest BCUT2D eigenvalue weighted by Crippen LogP contribution is -2.10. The number of aromatic hydroxyl groups is 2. The number of esters is 1. The van der Waals surface area contributed by atoms with Gasteiger partial charge in [-0.15, -0.1) is 0 Å². The number of halogens is 2. The van der Waals surface area contributed by atoms with E-state index in [0.29, 0.717) is 33.5 Å². The van der Waals surface area contributed by atoms with Gasteiger partial charge in [0.25, 0.3) is 0 Å². The number of unbranched alkanes of at least 4 members (excludes halogenated alkanes) is 6. The number of hydrogen-bond acceptors (Lipinski definition) is 7. The molecule has 0 heterocycles. The summed E-state index contributed by atoms with van der Waals surface area (Å²) in [5.41, 5.74) is 3.22. The Morgan fingerprint density at radius 2 is 1.48 bits per heavy atom. The fraction of sp³-hybridized carbons (Fsp3) is 0.364. The number of phenolic OH excluding ortho intramolecular Hbond substituents is 2. The Morgan fingerprint density at radius 1 is 0.857 bits per heavy atom. The van der Waals surface area contributed by atoms with Crippen LogP contribution in [0, 0.1) is 6.92 Å². The molecule has 42 heavy (non-hydrogen) atoms. The van der Waals surface area contributed by atoms with Gasteiger partial charge in [-0.1, -0.05) is 85.3 Å². The average molecular weight is 617 g/mol. The predicted molar refractivity (Wildman–Crippen MR) is 170 cm³/mol. The number of ether oxygens (including phenoxy) is 3. The number of hydrogen-bond donors (Lipinski definition) is 3. The first-order valence-corrected chi connectivity index (χ1v) is 14.8. The van der Waals surface area contributed by atoms with Gasteiger partial charge in [0.15, 0.2) is 11.5 Å². The summed E-state index contributed by atoms with van der Waals surface area (Å²) in [5, 5.41) is 25.1. The Morgan fingerprint density at radius 3 is 2.17 bits per heavy atom. The number of phenols is 2. The summed E-state index contributed by atoms with van der Waals surface area (Å²) in [5.74, 6) is -0.128. The molecule has 9 heteroatoms. The highest BCUT2D eigenvalue weighted by atomic mass is 35.5. The summed E-state index contributed by atoms with van der Waals surface area (Å²) < 4.78 is 15.8. The Labute approximate surface area is 258 Å². The summed E-state index contributed by atoms with van der Waals surface area (Å²) >= 11 is 12.6. The van der Waals surface area contributed by atoms with Gasteiger partial charge in [-0.3, -0.25) is 4.79 Å². The van der Waals surface area contributed by atoms with Crippen LogP contribution in [0.2, 0.25) is 10.0 Å². The number of benzene rings is 3. The van der Waals surface area contributed by atoms with E-state index in [-0.39, 0.29) is 35.4 Å². The Balaban J connectivity index is 1.32. The monoisotopic (exact) mass is 615 g/mol. The third-order valence-electron chi connectivity index (χ3n) is 6.95. The predicted octanol–water partition coefficient (Wildman–Crippen LogP) is 9.00. The van der Waals surface area contributed by atoms with Crippen molar-refractivity contribution in [2.45, 2.75) is 58.3 Å². The van der Waals surface area contributed by atoms with Crippen LogP contribution in [0.1, 0.15) is 61.6 Å². The molecule has 0 bridgehead atoms. The second-order valence-corrected chi connectivity index (χ2v) is 10.7. The van der Waals surface area contributed by atoms with Crippen molar-refractivity contribution < 1.29 is 29.2 Å². The molecule has 3 aromatic carbocycles. The summed E-state index contributed by atoms with van der Waals surface area (Å²) in [7, 11) is 2.84. The van der Waals surface area contributed by atoms with E-state index in [0.717, 1.165) is 56.2 Å². The number of carbonyl (C=O) groups is 1. The van der Waals surface area contributed by atoms with E-state index in [2.05, 4.69) is 5.32 Å². The molecule has 226 valence electrons. The second kappa shape index (κ2) is 16.8. The van der Waals surface area contributed by atoms with Crippen LogP contribution in [-0.2, 0) is 16.0 Å². The van der Waals surface area contributed by atoms with Crippen LogP contribution < -0.4 is 14.8 Å². The molecule has 0 aliphatic heterocycles. The van der Waals surface area contributed by atoms with Gasteiger partial charge < -0.3 is 29.7 Å². The average Bonchev–Trinajstić information content (AvgIpc) is 2.97. The first kappa shape index (κ1) is 33.0. The number of anilines is 2. The highest BCUT2D eigenvalue weighted by Gasteiger charge is 2.21. The van der Waals surface area contributed by atoms with Crippen LogP contribution in [0.4, 0.5) is 11.4 Å². The van der Waals surface area contributed by atoms with Gasteiger partial charge in [-0.25, -0.2) is 0 Å². The highest BCUT2D eigenvalue weighted by Crippen LogP contribution is 2.48. The number of carbonyl (C=O) groups excluding carboxylic acids is 1. The fourth-order valence-corrected chi connectivity index (χ4v) is 5.10. The van der Waals surface area contributed by atoms with Crippen LogP contribution in [-0.4, -0.2) is 37.0 Å². The second-order valence-electron chi connectivity index (χ2n) is 9.89. The highest BCUT2D eigenvalue weighted by molar-refractivity contribution is 6.39. The zero-order valence-corrected chi connectivity index (χ0v) is 25.9. The number of allylic oxidation sites excluding steroid dienone is 1. The number of methoxy groups -OCH3 is 2. The summed E-state index contributed by atoms with van der Waals surface area (Å²) in [6.45, 7) is 2.12. The maximum atomic E-state index is 12.5. The summed E-state index contributed by atoms with van der Waals surface area (Å²) in [6, 6.07) is 12.8. The summed E-state index contributed by atoms with van der Waals surface area (Å²) in [6.07, 6.45) is 10.9. The first-order valence-electron chi connectivity index (χ1n) is 14.1. The maximum Gasteiger partial charge on any atom is 0.310 e. The molecule has 0 aliphatic rings. The SMILES string of the molecule is COc1c(O)c(C)c(/C=C/CCCCCCCCOC(=O)Cc2ccccc2Nc2c(Cl)cccc2Cl)c(O)c1OC. The van der Waals surface area contributed by atoms with Crippen molar-refractivity contribution in [3.63, 3.8) is 0 Å². The van der Waals surface area contributed by atoms with Crippen LogP contribution in [0.15, 0.2) is 48.5 Å². The molecule has 0 saturated heterocycles. The van der Waals surface area contributed by atoms with Crippen molar-refractivity contribution in [3.8, 4) is 23.0 Å². The molecule has 0 saturated carbocycles. The molecule has 3 aromatic rings. The molecular formula is C33H39Cl2NO6. The molecule has 3 N–H and O–H groups in total. The van der Waals surface area contributed by atoms with Crippen molar-refractivity contribution in [1.29, 1.82) is 0 Å².